The van der Waals surface area contributed by atoms with Crippen molar-refractivity contribution in [2.45, 2.75) is 167 Å². The first kappa shape index (κ1) is 43.1. The molecular formula is C37H70NO7+. The van der Waals surface area contributed by atoms with Gasteiger partial charge in [-0.15, -0.1) is 0 Å². The minimum atomic E-state index is -0.880. The van der Waals surface area contributed by atoms with E-state index in [4.69, 9.17) is 14.2 Å². The van der Waals surface area contributed by atoms with Crippen molar-refractivity contribution in [2.24, 2.45) is 0 Å². The first-order chi connectivity index (χ1) is 21.6. The molecule has 0 aromatic rings. The summed E-state index contributed by atoms with van der Waals surface area (Å²) in [5.41, 5.74) is 0. The second-order valence-electron chi connectivity index (χ2n) is 13.5. The monoisotopic (exact) mass is 641 g/mol. The van der Waals surface area contributed by atoms with Crippen molar-refractivity contribution in [1.82, 2.24) is 0 Å². The van der Waals surface area contributed by atoms with Crippen molar-refractivity contribution in [3.05, 3.63) is 12.2 Å². The van der Waals surface area contributed by atoms with Gasteiger partial charge in [-0.25, -0.2) is 4.79 Å². The lowest BCUT2D eigenvalue weighted by molar-refractivity contribution is -0.887. The summed E-state index contributed by atoms with van der Waals surface area (Å²) in [7, 11) is 5.50. The van der Waals surface area contributed by atoms with E-state index in [1.807, 2.05) is 27.2 Å². The molecule has 0 aliphatic rings. The summed E-state index contributed by atoms with van der Waals surface area (Å²) in [5.74, 6) is -1.53. The number of quaternary nitrogens is 1. The van der Waals surface area contributed by atoms with E-state index in [2.05, 4.69) is 19.9 Å². The average molecular weight is 641 g/mol. The Morgan fingerprint density at radius 3 is 1.69 bits per heavy atom. The van der Waals surface area contributed by atoms with Crippen molar-refractivity contribution in [1.29, 1.82) is 0 Å². The minimum absolute atomic E-state index is 0.0498. The highest BCUT2D eigenvalue weighted by atomic mass is 16.6. The molecule has 0 aliphatic carbocycles. The molecular weight excluding hydrogens is 570 g/mol. The Morgan fingerprint density at radius 2 is 1.16 bits per heavy atom. The van der Waals surface area contributed by atoms with Gasteiger partial charge in [-0.1, -0.05) is 122 Å². The molecule has 2 unspecified atom stereocenters. The van der Waals surface area contributed by atoms with Crippen LogP contribution in [-0.4, -0.2) is 80.6 Å². The highest BCUT2D eigenvalue weighted by Crippen LogP contribution is 2.14. The smallest absolute Gasteiger partial charge is 0.362 e. The van der Waals surface area contributed by atoms with Crippen LogP contribution < -0.4 is 0 Å². The second kappa shape index (κ2) is 29.5. The van der Waals surface area contributed by atoms with Crippen LogP contribution in [0.15, 0.2) is 12.2 Å². The van der Waals surface area contributed by atoms with Crippen LogP contribution >= 0.6 is 0 Å². The lowest BCUT2D eigenvalue weighted by atomic mass is 10.0. The molecule has 0 aromatic carbocycles. The van der Waals surface area contributed by atoms with Gasteiger partial charge in [0.1, 0.15) is 6.61 Å². The molecule has 0 heterocycles. The topological polar surface area (TPSA) is 99.1 Å². The Morgan fingerprint density at radius 1 is 0.644 bits per heavy atom. The van der Waals surface area contributed by atoms with E-state index in [9.17, 15) is 19.5 Å². The SMILES string of the molecule is CCCCC/C=C/CCC(=O)OC(COCCC(C(=O)O)[N+](C)(C)C)COC(=O)CCCCCCCCCCCCCCCC. The number of ether oxygens (including phenoxy) is 3. The number of aliphatic carboxylic acids is 1. The van der Waals surface area contributed by atoms with Crippen LogP contribution in [0.3, 0.4) is 0 Å². The third-order valence-electron chi connectivity index (χ3n) is 8.18. The maximum Gasteiger partial charge on any atom is 0.362 e. The summed E-state index contributed by atoms with van der Waals surface area (Å²) in [4.78, 5) is 36.5. The van der Waals surface area contributed by atoms with Crippen LogP contribution in [0.5, 0.6) is 0 Å². The number of allylic oxidation sites excluding steroid dienone is 2. The number of esters is 2. The lowest BCUT2D eigenvalue weighted by Gasteiger charge is -2.31. The molecule has 264 valence electrons. The number of unbranched alkanes of at least 4 members (excludes halogenated alkanes) is 16. The Hall–Kier alpha value is -1.93. The van der Waals surface area contributed by atoms with Gasteiger partial charge in [0, 0.05) is 19.3 Å². The van der Waals surface area contributed by atoms with Gasteiger partial charge in [0.25, 0.3) is 0 Å². The van der Waals surface area contributed by atoms with Gasteiger partial charge in [0.15, 0.2) is 12.1 Å². The van der Waals surface area contributed by atoms with Gasteiger partial charge in [0.05, 0.1) is 34.4 Å². The summed E-state index contributed by atoms with van der Waals surface area (Å²) in [6.07, 6.45) is 27.1. The number of carboxylic acid groups (broad SMARTS) is 1. The maximum absolute atomic E-state index is 12.5. The maximum atomic E-state index is 12.5. The molecule has 0 saturated heterocycles. The van der Waals surface area contributed by atoms with Crippen molar-refractivity contribution < 1.29 is 38.2 Å². The molecule has 0 bridgehead atoms. The second-order valence-corrected chi connectivity index (χ2v) is 13.5. The van der Waals surface area contributed by atoms with Crippen LogP contribution in [-0.2, 0) is 28.6 Å². The number of hydrogen-bond acceptors (Lipinski definition) is 6. The molecule has 0 amide bonds. The number of hydrogen-bond donors (Lipinski definition) is 1. The third-order valence-corrected chi connectivity index (χ3v) is 8.18. The molecule has 45 heavy (non-hydrogen) atoms. The standard InChI is InChI=1S/C37H69NO7/c1-6-8-10-12-14-15-16-17-18-19-20-22-23-25-27-35(39)44-32-33(31-43-30-29-34(37(41)42)38(3,4)5)45-36(40)28-26-24-21-13-11-9-7-2/h21,24,33-34H,6-20,22-23,25-32H2,1-5H3/p+1/b24-21+. The molecule has 0 radical (unpaired) electrons. The number of carbonyl (C=O) groups is 3. The van der Waals surface area contributed by atoms with E-state index in [1.54, 1.807) is 0 Å². The largest absolute Gasteiger partial charge is 0.477 e. The van der Waals surface area contributed by atoms with Gasteiger partial charge in [-0.05, 0) is 25.7 Å². The number of likely N-dealkylation sites (N-methyl/N-ethyl adjacent to an activating group) is 1. The highest BCUT2D eigenvalue weighted by Gasteiger charge is 2.31. The number of rotatable bonds is 32. The zero-order valence-corrected chi connectivity index (χ0v) is 29.8. The van der Waals surface area contributed by atoms with E-state index in [1.165, 1.54) is 83.5 Å². The van der Waals surface area contributed by atoms with Crippen LogP contribution in [0.4, 0.5) is 0 Å². The number of nitrogens with zero attached hydrogens (tertiary/aromatic N) is 1. The van der Waals surface area contributed by atoms with Crippen molar-refractivity contribution >= 4 is 17.9 Å². The summed E-state index contributed by atoms with van der Waals surface area (Å²) in [6.45, 7) is 4.62. The zero-order valence-electron chi connectivity index (χ0n) is 29.8. The fourth-order valence-electron chi connectivity index (χ4n) is 5.28. The van der Waals surface area contributed by atoms with Crippen LogP contribution in [0.2, 0.25) is 0 Å². The Kier molecular flexibility index (Phi) is 28.2. The molecule has 0 rings (SSSR count). The molecule has 1 N–H and O–H groups in total. The number of carbonyl (C=O) groups excluding carboxylic acids is 2. The predicted molar refractivity (Wildman–Crippen MR) is 183 cm³/mol. The van der Waals surface area contributed by atoms with E-state index >= 15 is 0 Å². The fraction of sp³-hybridized carbons (Fsp3) is 0.865. The van der Waals surface area contributed by atoms with E-state index in [0.29, 0.717) is 19.3 Å². The molecule has 0 aliphatic heterocycles. The lowest BCUT2D eigenvalue weighted by Crippen LogP contribution is -2.50. The normalized spacial score (nSPS) is 13.2. The fourth-order valence-corrected chi connectivity index (χ4v) is 5.28. The zero-order chi connectivity index (χ0) is 33.6. The molecule has 0 fully saturated rings. The first-order valence-corrected chi connectivity index (χ1v) is 18.2. The predicted octanol–water partition coefficient (Wildman–Crippen LogP) is 8.80. The van der Waals surface area contributed by atoms with Crippen LogP contribution in [0.1, 0.15) is 155 Å². The van der Waals surface area contributed by atoms with Gasteiger partial charge < -0.3 is 23.8 Å². The van der Waals surface area contributed by atoms with Crippen molar-refractivity contribution in [3.8, 4) is 0 Å². The van der Waals surface area contributed by atoms with Gasteiger partial charge in [0.2, 0.25) is 0 Å². The summed E-state index contributed by atoms with van der Waals surface area (Å²) in [6, 6.07) is -0.613. The molecule has 0 saturated carbocycles. The molecule has 2 atom stereocenters. The summed E-state index contributed by atoms with van der Waals surface area (Å²) in [5, 5.41) is 9.54. The Balaban J connectivity index is 4.36. The van der Waals surface area contributed by atoms with Gasteiger partial charge in [-0.2, -0.15) is 0 Å². The quantitative estimate of drug-likeness (QED) is 0.0339. The summed E-state index contributed by atoms with van der Waals surface area (Å²) >= 11 is 0. The van der Waals surface area contributed by atoms with E-state index in [0.717, 1.165) is 32.1 Å². The first-order valence-electron chi connectivity index (χ1n) is 18.2. The van der Waals surface area contributed by atoms with Crippen LogP contribution in [0, 0.1) is 0 Å². The molecule has 8 nitrogen and oxygen atoms in total. The van der Waals surface area contributed by atoms with Crippen molar-refractivity contribution in [3.63, 3.8) is 0 Å². The average Bonchev–Trinajstić information content (AvgIpc) is 2.98. The van der Waals surface area contributed by atoms with E-state index in [-0.39, 0.29) is 42.7 Å². The van der Waals surface area contributed by atoms with E-state index < -0.39 is 18.1 Å². The Bertz CT molecular complexity index is 762. The Labute approximate surface area is 276 Å². The van der Waals surface area contributed by atoms with Crippen molar-refractivity contribution in [2.75, 3.05) is 41.0 Å². The van der Waals surface area contributed by atoms with Gasteiger partial charge >= 0.3 is 17.9 Å². The molecule has 8 heteroatoms. The molecule has 0 spiro atoms. The summed E-state index contributed by atoms with van der Waals surface area (Å²) < 4.78 is 17.1. The third kappa shape index (κ3) is 28.1. The highest BCUT2D eigenvalue weighted by molar-refractivity contribution is 5.72. The van der Waals surface area contributed by atoms with Gasteiger partial charge in [-0.3, -0.25) is 9.59 Å². The minimum Gasteiger partial charge on any atom is -0.477 e. The van der Waals surface area contributed by atoms with Crippen LogP contribution in [0.25, 0.3) is 0 Å². The molecule has 0 aromatic heterocycles. The number of carboxylic acids is 1.